The van der Waals surface area contributed by atoms with Crippen LogP contribution in [-0.2, 0) is 13.0 Å². The highest BCUT2D eigenvalue weighted by Gasteiger charge is 2.08. The molecule has 1 N–H and O–H groups in total. The lowest BCUT2D eigenvalue weighted by atomic mass is 10.1. The van der Waals surface area contributed by atoms with Gasteiger partial charge in [0.05, 0.1) is 0 Å². The molecule has 20 heavy (non-hydrogen) atoms. The second-order valence-electron chi connectivity index (χ2n) is 5.14. The third kappa shape index (κ3) is 2.79. The molecule has 0 saturated heterocycles. The van der Waals surface area contributed by atoms with Crippen molar-refractivity contribution in [2.24, 2.45) is 0 Å². The normalized spacial score (nSPS) is 11.2. The maximum absolute atomic E-state index is 3.22. The van der Waals surface area contributed by atoms with Gasteiger partial charge in [-0.05, 0) is 60.5 Å². The standard InChI is InChI=1S/C17H20N2S/c1-18-9-4-5-15-12-19(11-14-8-10-20-13-14)17-7-3-2-6-16(15)17/h2-3,6-8,10,12-13,18H,4-5,9,11H2,1H3. The number of benzene rings is 1. The lowest BCUT2D eigenvalue weighted by Gasteiger charge is -2.02. The summed E-state index contributed by atoms with van der Waals surface area (Å²) < 4.78 is 2.38. The molecule has 3 aromatic rings. The Bertz CT molecular complexity index is 667. The number of hydrogen-bond donors (Lipinski definition) is 1. The summed E-state index contributed by atoms with van der Waals surface area (Å²) in [6.45, 7) is 2.04. The number of aryl methyl sites for hydroxylation is 1. The Kier molecular flexibility index (Phi) is 4.19. The molecule has 0 spiro atoms. The van der Waals surface area contributed by atoms with Crippen molar-refractivity contribution in [2.75, 3.05) is 13.6 Å². The SMILES string of the molecule is CNCCCc1cn(Cc2ccsc2)c2ccccc12. The minimum Gasteiger partial charge on any atom is -0.343 e. The molecule has 0 aliphatic heterocycles. The first-order valence-electron chi connectivity index (χ1n) is 7.11. The van der Waals surface area contributed by atoms with Gasteiger partial charge in [0.25, 0.3) is 0 Å². The maximum Gasteiger partial charge on any atom is 0.0486 e. The first kappa shape index (κ1) is 13.4. The summed E-state index contributed by atoms with van der Waals surface area (Å²) in [4.78, 5) is 0. The van der Waals surface area contributed by atoms with E-state index < -0.39 is 0 Å². The maximum atomic E-state index is 3.22. The van der Waals surface area contributed by atoms with E-state index in [4.69, 9.17) is 0 Å². The van der Waals surface area contributed by atoms with Crippen molar-refractivity contribution < 1.29 is 0 Å². The fourth-order valence-corrected chi connectivity index (χ4v) is 3.35. The molecule has 1 aromatic carbocycles. The predicted octanol–water partition coefficient (Wildman–Crippen LogP) is 3.90. The lowest BCUT2D eigenvalue weighted by molar-refractivity contribution is 0.723. The van der Waals surface area contributed by atoms with E-state index in [1.54, 1.807) is 11.3 Å². The van der Waals surface area contributed by atoms with Crippen LogP contribution < -0.4 is 5.32 Å². The fraction of sp³-hybridized carbons (Fsp3) is 0.294. The fourth-order valence-electron chi connectivity index (χ4n) is 2.69. The van der Waals surface area contributed by atoms with E-state index in [0.29, 0.717) is 0 Å². The Balaban J connectivity index is 1.91. The van der Waals surface area contributed by atoms with Crippen LogP contribution in [-0.4, -0.2) is 18.2 Å². The molecular formula is C17H20N2S. The number of nitrogens with zero attached hydrogens (tertiary/aromatic N) is 1. The van der Waals surface area contributed by atoms with Gasteiger partial charge in [-0.25, -0.2) is 0 Å². The summed E-state index contributed by atoms with van der Waals surface area (Å²) in [5.41, 5.74) is 4.20. The van der Waals surface area contributed by atoms with E-state index in [1.165, 1.54) is 28.5 Å². The van der Waals surface area contributed by atoms with Crippen molar-refractivity contribution in [3.63, 3.8) is 0 Å². The topological polar surface area (TPSA) is 17.0 Å². The molecule has 2 aromatic heterocycles. The minimum absolute atomic E-state index is 0.968. The van der Waals surface area contributed by atoms with Gasteiger partial charge in [0.15, 0.2) is 0 Å². The number of fused-ring (bicyclic) bond motifs is 1. The third-order valence-electron chi connectivity index (χ3n) is 3.68. The smallest absolute Gasteiger partial charge is 0.0486 e. The largest absolute Gasteiger partial charge is 0.343 e. The molecule has 3 rings (SSSR count). The summed E-state index contributed by atoms with van der Waals surface area (Å²) in [5.74, 6) is 0. The third-order valence-corrected chi connectivity index (χ3v) is 4.41. The molecule has 0 saturated carbocycles. The van der Waals surface area contributed by atoms with Crippen LogP contribution in [0.1, 0.15) is 17.5 Å². The number of rotatable bonds is 6. The van der Waals surface area contributed by atoms with Gasteiger partial charge in [0.2, 0.25) is 0 Å². The number of thiophene rings is 1. The van der Waals surface area contributed by atoms with Crippen LogP contribution in [0.3, 0.4) is 0 Å². The molecular weight excluding hydrogens is 264 g/mol. The molecule has 0 atom stereocenters. The second-order valence-corrected chi connectivity index (χ2v) is 5.92. The van der Waals surface area contributed by atoms with Crippen molar-refractivity contribution in [1.82, 2.24) is 9.88 Å². The molecule has 0 radical (unpaired) electrons. The molecule has 104 valence electrons. The Morgan fingerprint density at radius 2 is 2.10 bits per heavy atom. The van der Waals surface area contributed by atoms with Gasteiger partial charge in [-0.2, -0.15) is 11.3 Å². The van der Waals surface area contributed by atoms with Crippen LogP contribution in [0.25, 0.3) is 10.9 Å². The van der Waals surface area contributed by atoms with E-state index in [-0.39, 0.29) is 0 Å². The van der Waals surface area contributed by atoms with Crippen molar-refractivity contribution >= 4 is 22.2 Å². The zero-order valence-corrected chi connectivity index (χ0v) is 12.6. The number of para-hydroxylation sites is 1. The average Bonchev–Trinajstić information content (AvgIpc) is 3.09. The van der Waals surface area contributed by atoms with Gasteiger partial charge in [-0.1, -0.05) is 18.2 Å². The van der Waals surface area contributed by atoms with Crippen molar-refractivity contribution in [2.45, 2.75) is 19.4 Å². The Morgan fingerprint density at radius 3 is 2.90 bits per heavy atom. The van der Waals surface area contributed by atoms with Crippen LogP contribution in [0.2, 0.25) is 0 Å². The summed E-state index contributed by atoms with van der Waals surface area (Å²) in [5, 5.41) is 9.00. The van der Waals surface area contributed by atoms with E-state index in [0.717, 1.165) is 19.5 Å². The Morgan fingerprint density at radius 1 is 1.20 bits per heavy atom. The van der Waals surface area contributed by atoms with Crippen LogP contribution in [0.5, 0.6) is 0 Å². The lowest BCUT2D eigenvalue weighted by Crippen LogP contribution is -2.08. The van der Waals surface area contributed by atoms with Gasteiger partial charge in [-0.3, -0.25) is 0 Å². The summed E-state index contributed by atoms with van der Waals surface area (Å²) in [7, 11) is 2.01. The highest BCUT2D eigenvalue weighted by Crippen LogP contribution is 2.23. The van der Waals surface area contributed by atoms with Crippen molar-refractivity contribution in [1.29, 1.82) is 0 Å². The predicted molar refractivity (Wildman–Crippen MR) is 87.6 cm³/mol. The molecule has 0 bridgehead atoms. The van der Waals surface area contributed by atoms with Crippen LogP contribution >= 0.6 is 11.3 Å². The molecule has 0 aliphatic carbocycles. The number of nitrogens with one attached hydrogen (secondary N) is 1. The van der Waals surface area contributed by atoms with Gasteiger partial charge in [-0.15, -0.1) is 0 Å². The van der Waals surface area contributed by atoms with E-state index in [9.17, 15) is 0 Å². The van der Waals surface area contributed by atoms with Crippen LogP contribution in [0.15, 0.2) is 47.3 Å². The van der Waals surface area contributed by atoms with Crippen molar-refractivity contribution in [3.05, 3.63) is 58.4 Å². The van der Waals surface area contributed by atoms with Crippen LogP contribution in [0, 0.1) is 0 Å². The zero-order chi connectivity index (χ0) is 13.8. The molecule has 0 aliphatic rings. The van der Waals surface area contributed by atoms with E-state index in [2.05, 4.69) is 57.2 Å². The molecule has 2 heterocycles. The van der Waals surface area contributed by atoms with Gasteiger partial charge >= 0.3 is 0 Å². The first-order valence-corrected chi connectivity index (χ1v) is 8.05. The Labute approximate surface area is 124 Å². The highest BCUT2D eigenvalue weighted by molar-refractivity contribution is 7.07. The molecule has 2 nitrogen and oxygen atoms in total. The second kappa shape index (κ2) is 6.25. The van der Waals surface area contributed by atoms with Crippen LogP contribution in [0.4, 0.5) is 0 Å². The van der Waals surface area contributed by atoms with Gasteiger partial charge < -0.3 is 9.88 Å². The number of aromatic nitrogens is 1. The van der Waals surface area contributed by atoms with E-state index >= 15 is 0 Å². The molecule has 3 heteroatoms. The zero-order valence-electron chi connectivity index (χ0n) is 11.8. The van der Waals surface area contributed by atoms with E-state index in [1.807, 2.05) is 7.05 Å². The molecule has 0 unspecified atom stereocenters. The number of hydrogen-bond acceptors (Lipinski definition) is 2. The minimum atomic E-state index is 0.968. The highest BCUT2D eigenvalue weighted by atomic mass is 32.1. The van der Waals surface area contributed by atoms with Crippen molar-refractivity contribution in [3.8, 4) is 0 Å². The first-order chi connectivity index (χ1) is 9.88. The summed E-state index contributed by atoms with van der Waals surface area (Å²) in [6.07, 6.45) is 4.65. The Hall–Kier alpha value is -1.58. The quantitative estimate of drug-likeness (QED) is 0.679. The monoisotopic (exact) mass is 284 g/mol. The average molecular weight is 284 g/mol. The summed E-state index contributed by atoms with van der Waals surface area (Å²) >= 11 is 1.77. The molecule has 0 amide bonds. The molecule has 0 fully saturated rings. The van der Waals surface area contributed by atoms with Gasteiger partial charge in [0, 0.05) is 23.6 Å². The van der Waals surface area contributed by atoms with Gasteiger partial charge in [0.1, 0.15) is 0 Å². The summed E-state index contributed by atoms with van der Waals surface area (Å²) in [6, 6.07) is 10.9.